The summed E-state index contributed by atoms with van der Waals surface area (Å²) < 4.78 is 7.73. The van der Waals surface area contributed by atoms with Gasteiger partial charge in [0.25, 0.3) is 0 Å². The number of benzene rings is 2. The molecule has 0 fully saturated rings. The third kappa shape index (κ3) is 3.12. The van der Waals surface area contributed by atoms with Crippen LogP contribution in [0.1, 0.15) is 17.4 Å². The fourth-order valence-electron chi connectivity index (χ4n) is 2.52. The molecule has 26 heavy (non-hydrogen) atoms. The molecule has 9 heteroatoms. The normalized spacial score (nSPS) is 17.0. The van der Waals surface area contributed by atoms with E-state index in [1.54, 1.807) is 46.1 Å². The minimum Gasteiger partial charge on any atom is -0.508 e. The first-order valence-electron chi connectivity index (χ1n) is 7.60. The van der Waals surface area contributed by atoms with Crippen molar-refractivity contribution < 1.29 is 9.84 Å². The third-order valence-corrected chi connectivity index (χ3v) is 4.29. The topological polar surface area (TPSA) is 75.8 Å². The van der Waals surface area contributed by atoms with Crippen molar-refractivity contribution in [2.75, 3.05) is 5.01 Å². The molecular formula is C17H12ClN5O2S. The van der Waals surface area contributed by atoms with Crippen LogP contribution in [0.5, 0.6) is 5.75 Å². The Labute approximate surface area is 159 Å². The van der Waals surface area contributed by atoms with E-state index in [4.69, 9.17) is 28.6 Å². The van der Waals surface area contributed by atoms with Crippen LogP contribution in [0.4, 0.5) is 0 Å². The predicted octanol–water partition coefficient (Wildman–Crippen LogP) is 3.04. The van der Waals surface area contributed by atoms with Crippen molar-refractivity contribution >= 4 is 34.8 Å². The minimum atomic E-state index is -0.609. The molecule has 1 aromatic heterocycles. The summed E-state index contributed by atoms with van der Waals surface area (Å²) in [6.45, 7) is 0. The molecule has 0 saturated carbocycles. The number of halogens is 1. The lowest BCUT2D eigenvalue weighted by molar-refractivity contribution is 0.172. The Kier molecular flexibility index (Phi) is 4.27. The molecule has 0 spiro atoms. The Morgan fingerprint density at radius 3 is 2.31 bits per heavy atom. The van der Waals surface area contributed by atoms with Crippen molar-refractivity contribution in [3.8, 4) is 5.75 Å². The van der Waals surface area contributed by atoms with Gasteiger partial charge in [0, 0.05) is 16.1 Å². The predicted molar refractivity (Wildman–Crippen MR) is 101 cm³/mol. The molecule has 1 atom stereocenters. The zero-order valence-corrected chi connectivity index (χ0v) is 14.8. The quantitative estimate of drug-likeness (QED) is 0.698. The maximum Gasteiger partial charge on any atom is 0.225 e. The van der Waals surface area contributed by atoms with Crippen molar-refractivity contribution in [1.82, 2.24) is 14.9 Å². The smallest absolute Gasteiger partial charge is 0.225 e. The fraction of sp³-hybridized carbons (Fsp3) is 0.0588. The summed E-state index contributed by atoms with van der Waals surface area (Å²) in [5, 5.41) is 19.7. The molecule has 4 rings (SSSR count). The molecule has 1 aliphatic rings. The number of aromatic nitrogens is 3. The van der Waals surface area contributed by atoms with Crippen molar-refractivity contribution in [2.45, 2.75) is 6.23 Å². The summed E-state index contributed by atoms with van der Waals surface area (Å²) in [6, 6.07) is 13.8. The molecule has 0 bridgehead atoms. The lowest BCUT2D eigenvalue weighted by Gasteiger charge is -2.35. The van der Waals surface area contributed by atoms with E-state index in [-0.39, 0.29) is 5.75 Å². The second kappa shape index (κ2) is 6.74. The molecule has 0 saturated heterocycles. The average Bonchev–Trinajstić information content (AvgIpc) is 3.16. The van der Waals surface area contributed by atoms with E-state index in [9.17, 15) is 5.11 Å². The Morgan fingerprint density at radius 1 is 1.00 bits per heavy atom. The number of thiocarbonyl (C=S) groups is 1. The Balaban J connectivity index is 1.77. The van der Waals surface area contributed by atoms with E-state index in [1.165, 1.54) is 12.7 Å². The highest BCUT2D eigenvalue weighted by Gasteiger charge is 2.32. The zero-order chi connectivity index (χ0) is 18.1. The van der Waals surface area contributed by atoms with Gasteiger partial charge in [-0.2, -0.15) is 4.99 Å². The van der Waals surface area contributed by atoms with Gasteiger partial charge in [0.15, 0.2) is 0 Å². The lowest BCUT2D eigenvalue weighted by Crippen LogP contribution is -2.46. The number of rotatable bonds is 3. The fourth-order valence-corrected chi connectivity index (χ4v) is 2.92. The highest BCUT2D eigenvalue weighted by molar-refractivity contribution is 7.80. The molecule has 0 amide bonds. The van der Waals surface area contributed by atoms with E-state index in [2.05, 4.69) is 15.2 Å². The number of phenols is 1. The molecular weight excluding hydrogens is 374 g/mol. The van der Waals surface area contributed by atoms with Crippen LogP contribution in [-0.2, 0) is 4.74 Å². The van der Waals surface area contributed by atoms with Gasteiger partial charge in [-0.15, -0.1) is 10.2 Å². The van der Waals surface area contributed by atoms with E-state index in [0.29, 0.717) is 16.0 Å². The van der Waals surface area contributed by atoms with Crippen LogP contribution in [-0.4, -0.2) is 31.0 Å². The number of hydrogen-bond donors (Lipinski definition) is 1. The SMILES string of the molecule is Oc1ccc(C2OC(c3ccc(Cl)cc3)=NC(=S)N2n2cnnc2)cc1. The number of hydrogen-bond acceptors (Lipinski definition) is 5. The highest BCUT2D eigenvalue weighted by Crippen LogP contribution is 2.29. The van der Waals surface area contributed by atoms with Crippen LogP contribution in [0.15, 0.2) is 66.2 Å². The van der Waals surface area contributed by atoms with Crippen molar-refractivity contribution in [2.24, 2.45) is 4.99 Å². The molecule has 1 N–H and O–H groups in total. The van der Waals surface area contributed by atoms with E-state index >= 15 is 0 Å². The van der Waals surface area contributed by atoms with Crippen LogP contribution >= 0.6 is 23.8 Å². The number of ether oxygens (including phenoxy) is 1. The van der Waals surface area contributed by atoms with Crippen LogP contribution in [0, 0.1) is 0 Å². The molecule has 1 aliphatic heterocycles. The van der Waals surface area contributed by atoms with Gasteiger partial charge in [-0.3, -0.25) is 0 Å². The number of aliphatic imine (C=N–C) groups is 1. The monoisotopic (exact) mass is 385 g/mol. The first-order chi connectivity index (χ1) is 12.6. The number of aromatic hydroxyl groups is 1. The summed E-state index contributed by atoms with van der Waals surface area (Å²) in [5.41, 5.74) is 1.53. The van der Waals surface area contributed by atoms with E-state index in [1.807, 2.05) is 12.1 Å². The summed E-state index contributed by atoms with van der Waals surface area (Å²) in [5.74, 6) is 0.545. The molecule has 2 heterocycles. The zero-order valence-electron chi connectivity index (χ0n) is 13.2. The van der Waals surface area contributed by atoms with Gasteiger partial charge in [0.05, 0.1) is 0 Å². The molecule has 2 aromatic carbocycles. The highest BCUT2D eigenvalue weighted by atomic mass is 35.5. The standard InChI is InChI=1S/C17H12ClN5O2S/c18-13-5-1-11(2-6-13)15-21-17(26)23(22-9-19-20-10-22)16(25-15)12-3-7-14(24)8-4-12/h1-10,16,24H. The molecule has 0 aliphatic carbocycles. The van der Waals surface area contributed by atoms with E-state index < -0.39 is 6.23 Å². The Hall–Kier alpha value is -2.97. The summed E-state index contributed by atoms with van der Waals surface area (Å²) >= 11 is 11.4. The summed E-state index contributed by atoms with van der Waals surface area (Å²) in [7, 11) is 0. The van der Waals surface area contributed by atoms with Crippen molar-refractivity contribution in [3.63, 3.8) is 0 Å². The first-order valence-corrected chi connectivity index (χ1v) is 8.39. The van der Waals surface area contributed by atoms with Gasteiger partial charge >= 0.3 is 0 Å². The van der Waals surface area contributed by atoms with Crippen LogP contribution < -0.4 is 5.01 Å². The summed E-state index contributed by atoms with van der Waals surface area (Å²) in [6.07, 6.45) is 2.40. The van der Waals surface area contributed by atoms with Crippen molar-refractivity contribution in [3.05, 3.63) is 77.3 Å². The molecule has 0 radical (unpaired) electrons. The second-order valence-electron chi connectivity index (χ2n) is 5.45. The minimum absolute atomic E-state index is 0.162. The van der Waals surface area contributed by atoms with Crippen molar-refractivity contribution in [1.29, 1.82) is 0 Å². The van der Waals surface area contributed by atoms with Gasteiger partial charge in [0.2, 0.25) is 17.2 Å². The lowest BCUT2D eigenvalue weighted by atomic mass is 10.1. The maximum atomic E-state index is 9.57. The number of nitrogens with zero attached hydrogens (tertiary/aromatic N) is 5. The van der Waals surface area contributed by atoms with Crippen LogP contribution in [0.25, 0.3) is 0 Å². The Bertz CT molecular complexity index is 958. The Morgan fingerprint density at radius 2 is 1.65 bits per heavy atom. The maximum absolute atomic E-state index is 9.57. The van der Waals surface area contributed by atoms with Gasteiger partial charge in [-0.25, -0.2) is 9.69 Å². The van der Waals surface area contributed by atoms with Crippen LogP contribution in [0.3, 0.4) is 0 Å². The average molecular weight is 386 g/mol. The van der Waals surface area contributed by atoms with Gasteiger partial charge in [-0.05, 0) is 60.7 Å². The van der Waals surface area contributed by atoms with Gasteiger partial charge < -0.3 is 9.84 Å². The van der Waals surface area contributed by atoms with Gasteiger partial charge in [-0.1, -0.05) is 11.6 Å². The first kappa shape index (κ1) is 16.5. The molecule has 3 aromatic rings. The molecule has 130 valence electrons. The summed E-state index contributed by atoms with van der Waals surface area (Å²) in [4.78, 5) is 4.40. The number of phenolic OH excluding ortho intramolecular Hbond substituents is 1. The van der Waals surface area contributed by atoms with Gasteiger partial charge in [0.1, 0.15) is 18.4 Å². The van der Waals surface area contributed by atoms with E-state index in [0.717, 1.165) is 11.1 Å². The largest absolute Gasteiger partial charge is 0.508 e. The third-order valence-electron chi connectivity index (χ3n) is 3.76. The molecule has 7 nitrogen and oxygen atoms in total. The second-order valence-corrected chi connectivity index (χ2v) is 6.26. The van der Waals surface area contributed by atoms with Crippen LogP contribution in [0.2, 0.25) is 5.02 Å². The molecule has 1 unspecified atom stereocenters.